The Morgan fingerprint density at radius 2 is 2.40 bits per heavy atom. The molecule has 0 bridgehead atoms. The molecule has 82 valence electrons. The summed E-state index contributed by atoms with van der Waals surface area (Å²) < 4.78 is 0. The van der Waals surface area contributed by atoms with Crippen molar-refractivity contribution in [1.82, 2.24) is 9.97 Å². The quantitative estimate of drug-likeness (QED) is 0.819. The van der Waals surface area contributed by atoms with Crippen molar-refractivity contribution in [3.63, 3.8) is 0 Å². The summed E-state index contributed by atoms with van der Waals surface area (Å²) in [6.45, 7) is 1.86. The summed E-state index contributed by atoms with van der Waals surface area (Å²) in [7, 11) is 0. The van der Waals surface area contributed by atoms with Gasteiger partial charge in [-0.2, -0.15) is 0 Å². The predicted molar refractivity (Wildman–Crippen MR) is 55.2 cm³/mol. The first-order valence-corrected chi connectivity index (χ1v) is 4.91. The molecule has 0 radical (unpaired) electrons. The third-order valence-electron chi connectivity index (χ3n) is 2.03. The number of rotatable bonds is 4. The van der Waals surface area contributed by atoms with Gasteiger partial charge in [-0.15, -0.1) is 0 Å². The molecule has 1 aromatic rings. The van der Waals surface area contributed by atoms with Crippen LogP contribution in [0, 0.1) is 0 Å². The van der Waals surface area contributed by atoms with Crippen molar-refractivity contribution in [2.45, 2.75) is 25.7 Å². The number of aliphatic carboxylic acids is 1. The van der Waals surface area contributed by atoms with Gasteiger partial charge in [-0.05, 0) is 6.42 Å². The third kappa shape index (κ3) is 2.56. The largest absolute Gasteiger partial charge is 0.481 e. The van der Waals surface area contributed by atoms with Gasteiger partial charge in [-0.1, -0.05) is 24.9 Å². The molecule has 15 heavy (non-hydrogen) atoms. The zero-order chi connectivity index (χ0) is 11.4. The van der Waals surface area contributed by atoms with E-state index in [0.717, 1.165) is 6.33 Å². The van der Waals surface area contributed by atoms with Gasteiger partial charge in [0, 0.05) is 0 Å². The number of nitrogens with zero attached hydrogens (tertiary/aromatic N) is 1. The molecule has 0 spiro atoms. The molecule has 0 amide bonds. The van der Waals surface area contributed by atoms with Gasteiger partial charge in [0.15, 0.2) is 0 Å². The number of halogens is 1. The number of hydrogen-bond donors (Lipinski definition) is 2. The topological polar surface area (TPSA) is 83.0 Å². The van der Waals surface area contributed by atoms with E-state index < -0.39 is 17.4 Å². The highest BCUT2D eigenvalue weighted by Gasteiger charge is 2.24. The van der Waals surface area contributed by atoms with Crippen molar-refractivity contribution in [2.24, 2.45) is 0 Å². The maximum absolute atomic E-state index is 11.2. The van der Waals surface area contributed by atoms with E-state index in [1.54, 1.807) is 0 Å². The molecule has 1 rings (SSSR count). The van der Waals surface area contributed by atoms with Crippen LogP contribution >= 0.6 is 11.6 Å². The molecule has 0 fully saturated rings. The number of carboxylic acids is 1. The SMILES string of the molecule is CCCC(C(=O)O)c1nc[nH]c(=O)c1Cl. The summed E-state index contributed by atoms with van der Waals surface area (Å²) in [6.07, 6.45) is 2.25. The van der Waals surface area contributed by atoms with Crippen LogP contribution in [0.4, 0.5) is 0 Å². The molecular weight excluding hydrogens is 220 g/mol. The van der Waals surface area contributed by atoms with Crippen LogP contribution in [0.2, 0.25) is 5.02 Å². The lowest BCUT2D eigenvalue weighted by atomic mass is 10.00. The molecule has 2 N–H and O–H groups in total. The summed E-state index contributed by atoms with van der Waals surface area (Å²) in [5, 5.41) is 8.82. The summed E-state index contributed by atoms with van der Waals surface area (Å²) in [5.41, 5.74) is -0.376. The van der Waals surface area contributed by atoms with Crippen molar-refractivity contribution < 1.29 is 9.90 Å². The smallest absolute Gasteiger partial charge is 0.312 e. The third-order valence-corrected chi connectivity index (χ3v) is 2.39. The first kappa shape index (κ1) is 11.7. The van der Waals surface area contributed by atoms with E-state index in [2.05, 4.69) is 9.97 Å². The first-order chi connectivity index (χ1) is 7.07. The van der Waals surface area contributed by atoms with Crippen molar-refractivity contribution >= 4 is 17.6 Å². The van der Waals surface area contributed by atoms with Gasteiger partial charge in [-0.25, -0.2) is 4.98 Å². The standard InChI is InChI=1S/C9H11ClN2O3/c1-2-3-5(9(14)15)7-6(10)8(13)12-4-11-7/h4-5H,2-3H2,1H3,(H,14,15)(H,11,12,13). The maximum Gasteiger partial charge on any atom is 0.312 e. The van der Waals surface area contributed by atoms with Crippen molar-refractivity contribution in [3.8, 4) is 0 Å². The van der Waals surface area contributed by atoms with Gasteiger partial charge in [0.05, 0.1) is 12.0 Å². The molecule has 5 nitrogen and oxygen atoms in total. The second-order valence-corrected chi connectivity index (χ2v) is 3.49. The lowest BCUT2D eigenvalue weighted by Gasteiger charge is -2.10. The number of H-pyrrole nitrogens is 1. The van der Waals surface area contributed by atoms with Crippen LogP contribution in [0.15, 0.2) is 11.1 Å². The Bertz CT molecular complexity index is 416. The van der Waals surface area contributed by atoms with Gasteiger partial charge in [-0.3, -0.25) is 9.59 Å². The minimum Gasteiger partial charge on any atom is -0.481 e. The first-order valence-electron chi connectivity index (χ1n) is 4.53. The van der Waals surface area contributed by atoms with Gasteiger partial charge in [0.25, 0.3) is 5.56 Å². The van der Waals surface area contributed by atoms with Crippen LogP contribution < -0.4 is 5.56 Å². The van der Waals surface area contributed by atoms with Gasteiger partial charge in [0.1, 0.15) is 10.9 Å². The van der Waals surface area contributed by atoms with Crippen LogP contribution in [0.3, 0.4) is 0 Å². The molecule has 6 heteroatoms. The predicted octanol–water partition coefficient (Wildman–Crippen LogP) is 1.39. The monoisotopic (exact) mass is 230 g/mol. The van der Waals surface area contributed by atoms with Crippen LogP contribution in [0.5, 0.6) is 0 Å². The Kier molecular flexibility index (Phi) is 3.85. The molecule has 1 unspecified atom stereocenters. The Balaban J connectivity index is 3.17. The van der Waals surface area contributed by atoms with E-state index in [0.29, 0.717) is 12.8 Å². The second kappa shape index (κ2) is 4.93. The molecule has 0 aliphatic rings. The Morgan fingerprint density at radius 3 is 2.93 bits per heavy atom. The molecule has 1 heterocycles. The molecule has 0 saturated heterocycles. The lowest BCUT2D eigenvalue weighted by Crippen LogP contribution is -2.18. The minimum atomic E-state index is -1.02. The zero-order valence-electron chi connectivity index (χ0n) is 8.16. The molecule has 1 atom stereocenters. The molecule has 0 saturated carbocycles. The fraction of sp³-hybridized carbons (Fsp3) is 0.444. The number of aromatic nitrogens is 2. The zero-order valence-corrected chi connectivity index (χ0v) is 8.91. The highest BCUT2D eigenvalue weighted by molar-refractivity contribution is 6.31. The van der Waals surface area contributed by atoms with E-state index in [1.165, 1.54) is 0 Å². The molecule has 1 aromatic heterocycles. The number of carbonyl (C=O) groups is 1. The average molecular weight is 231 g/mol. The summed E-state index contributed by atoms with van der Waals surface area (Å²) >= 11 is 5.70. The van der Waals surface area contributed by atoms with Crippen molar-refractivity contribution in [3.05, 3.63) is 27.4 Å². The summed E-state index contributed by atoms with van der Waals surface area (Å²) in [5.74, 6) is -1.83. The van der Waals surface area contributed by atoms with Crippen LogP contribution in [-0.2, 0) is 4.79 Å². The van der Waals surface area contributed by atoms with Gasteiger partial charge in [0.2, 0.25) is 0 Å². The number of carboxylic acid groups (broad SMARTS) is 1. The van der Waals surface area contributed by atoms with Gasteiger partial charge < -0.3 is 10.1 Å². The van der Waals surface area contributed by atoms with E-state index in [4.69, 9.17) is 16.7 Å². The van der Waals surface area contributed by atoms with Crippen molar-refractivity contribution in [1.29, 1.82) is 0 Å². The molecule has 0 aromatic carbocycles. The number of aromatic amines is 1. The van der Waals surface area contributed by atoms with Gasteiger partial charge >= 0.3 is 5.97 Å². The van der Waals surface area contributed by atoms with E-state index >= 15 is 0 Å². The van der Waals surface area contributed by atoms with Crippen LogP contribution in [-0.4, -0.2) is 21.0 Å². The van der Waals surface area contributed by atoms with E-state index in [1.807, 2.05) is 6.92 Å². The lowest BCUT2D eigenvalue weighted by molar-refractivity contribution is -0.139. The molecule has 0 aliphatic carbocycles. The van der Waals surface area contributed by atoms with E-state index in [9.17, 15) is 9.59 Å². The van der Waals surface area contributed by atoms with Crippen LogP contribution in [0.25, 0.3) is 0 Å². The molecule has 0 aliphatic heterocycles. The highest BCUT2D eigenvalue weighted by Crippen LogP contribution is 2.23. The number of hydrogen-bond acceptors (Lipinski definition) is 3. The Hall–Kier alpha value is -1.36. The van der Waals surface area contributed by atoms with E-state index in [-0.39, 0.29) is 10.7 Å². The maximum atomic E-state index is 11.2. The Labute approximate surface area is 91.1 Å². The average Bonchev–Trinajstić information content (AvgIpc) is 2.19. The minimum absolute atomic E-state index is 0.134. The summed E-state index contributed by atoms with van der Waals surface area (Å²) in [6, 6.07) is 0. The molecular formula is C9H11ClN2O3. The highest BCUT2D eigenvalue weighted by atomic mass is 35.5. The second-order valence-electron chi connectivity index (χ2n) is 3.11. The fourth-order valence-electron chi connectivity index (χ4n) is 1.31. The van der Waals surface area contributed by atoms with Crippen LogP contribution in [0.1, 0.15) is 31.4 Å². The Morgan fingerprint density at radius 1 is 1.73 bits per heavy atom. The number of nitrogens with one attached hydrogen (secondary N) is 1. The summed E-state index contributed by atoms with van der Waals surface area (Å²) in [4.78, 5) is 28.2. The normalized spacial score (nSPS) is 12.4. The van der Waals surface area contributed by atoms with Crippen molar-refractivity contribution in [2.75, 3.05) is 0 Å². The fourth-order valence-corrected chi connectivity index (χ4v) is 1.54.